The van der Waals surface area contributed by atoms with Gasteiger partial charge in [-0.2, -0.15) is 0 Å². The molecular weight excluding hydrogens is 427 g/mol. The number of nitrogens with zero attached hydrogens (tertiary/aromatic N) is 2. The molecule has 0 heterocycles. The lowest BCUT2D eigenvalue weighted by molar-refractivity contribution is 0.253. The van der Waals surface area contributed by atoms with Gasteiger partial charge in [0.05, 0.1) is 13.7 Å². The van der Waals surface area contributed by atoms with Crippen LogP contribution in [0.4, 0.5) is 0 Å². The van der Waals surface area contributed by atoms with Gasteiger partial charge >= 0.3 is 0 Å². The quantitative estimate of drug-likeness (QED) is 0.338. The van der Waals surface area contributed by atoms with Gasteiger partial charge in [0.2, 0.25) is 0 Å². The summed E-state index contributed by atoms with van der Waals surface area (Å²) in [6, 6.07) is 9.48. The van der Waals surface area contributed by atoms with Crippen LogP contribution in [0.1, 0.15) is 32.3 Å². The fourth-order valence-electron chi connectivity index (χ4n) is 2.65. The minimum Gasteiger partial charge on any atom is -0.497 e. The second-order valence-electron chi connectivity index (χ2n) is 6.49. The van der Waals surface area contributed by atoms with Crippen molar-refractivity contribution in [2.45, 2.75) is 45.2 Å². The maximum absolute atomic E-state index is 5.19. The van der Waals surface area contributed by atoms with E-state index in [1.807, 2.05) is 12.1 Å². The predicted molar refractivity (Wildman–Crippen MR) is 116 cm³/mol. The van der Waals surface area contributed by atoms with Crippen LogP contribution in [0.15, 0.2) is 29.3 Å². The van der Waals surface area contributed by atoms with E-state index in [0.29, 0.717) is 6.04 Å². The molecule has 0 saturated heterocycles. The second-order valence-corrected chi connectivity index (χ2v) is 6.49. The first kappa shape index (κ1) is 22.0. The lowest BCUT2D eigenvalue weighted by Crippen LogP contribution is -2.40. The third-order valence-electron chi connectivity index (χ3n) is 4.54. The molecule has 5 nitrogen and oxygen atoms in total. The highest BCUT2D eigenvalue weighted by atomic mass is 127. The molecule has 2 rings (SSSR count). The van der Waals surface area contributed by atoms with Crippen molar-refractivity contribution in [2.75, 3.05) is 33.8 Å². The highest BCUT2D eigenvalue weighted by molar-refractivity contribution is 14.0. The maximum atomic E-state index is 5.19. The highest BCUT2D eigenvalue weighted by Gasteiger charge is 2.28. The van der Waals surface area contributed by atoms with Crippen LogP contribution >= 0.6 is 24.0 Å². The van der Waals surface area contributed by atoms with Crippen LogP contribution < -0.4 is 15.4 Å². The summed E-state index contributed by atoms with van der Waals surface area (Å²) in [6.45, 7) is 6.92. The molecule has 0 aromatic heterocycles. The summed E-state index contributed by atoms with van der Waals surface area (Å²) in [5.74, 6) is 1.80. The smallest absolute Gasteiger partial charge is 0.191 e. The molecule has 0 aliphatic heterocycles. The van der Waals surface area contributed by atoms with Crippen LogP contribution in [0, 0.1) is 0 Å². The molecule has 0 radical (unpaired) electrons. The van der Waals surface area contributed by atoms with Crippen molar-refractivity contribution in [1.82, 2.24) is 15.5 Å². The fraction of sp³-hybridized carbons (Fsp3) is 0.632. The van der Waals surface area contributed by atoms with Gasteiger partial charge in [-0.3, -0.25) is 9.89 Å². The third-order valence-corrected chi connectivity index (χ3v) is 4.54. The minimum atomic E-state index is 0. The molecule has 1 atom stereocenters. The SMILES string of the molecule is CCNC(=NCC(C)N(C)C1CC1)NCCc1ccc(OC)cc1.I. The number of ether oxygens (including phenoxy) is 1. The van der Waals surface area contributed by atoms with Gasteiger partial charge in [0, 0.05) is 25.2 Å². The summed E-state index contributed by atoms with van der Waals surface area (Å²) in [5, 5.41) is 6.75. The fourth-order valence-corrected chi connectivity index (χ4v) is 2.65. The number of halogens is 1. The monoisotopic (exact) mass is 460 g/mol. The Kier molecular flexibility index (Phi) is 10.2. The first-order chi connectivity index (χ1) is 11.6. The topological polar surface area (TPSA) is 48.9 Å². The second kappa shape index (κ2) is 11.6. The van der Waals surface area contributed by atoms with Crippen LogP contribution in [0.25, 0.3) is 0 Å². The molecule has 6 heteroatoms. The first-order valence-electron chi connectivity index (χ1n) is 9.01. The van der Waals surface area contributed by atoms with Crippen LogP contribution in [0.5, 0.6) is 5.75 Å². The van der Waals surface area contributed by atoms with E-state index in [2.05, 4.69) is 48.6 Å². The molecular formula is C19H33IN4O. The summed E-state index contributed by atoms with van der Waals surface area (Å²) >= 11 is 0. The van der Waals surface area contributed by atoms with Crippen LogP contribution in [-0.4, -0.2) is 56.7 Å². The van der Waals surface area contributed by atoms with Crippen LogP contribution in [-0.2, 0) is 6.42 Å². The van der Waals surface area contributed by atoms with Crippen molar-refractivity contribution in [1.29, 1.82) is 0 Å². The van der Waals surface area contributed by atoms with Gasteiger partial charge in [-0.15, -0.1) is 24.0 Å². The van der Waals surface area contributed by atoms with Crippen LogP contribution in [0.2, 0.25) is 0 Å². The van der Waals surface area contributed by atoms with E-state index < -0.39 is 0 Å². The number of guanidine groups is 1. The zero-order chi connectivity index (χ0) is 17.4. The molecule has 0 bridgehead atoms. The van der Waals surface area contributed by atoms with E-state index in [4.69, 9.17) is 9.73 Å². The Bertz CT molecular complexity index is 517. The van der Waals surface area contributed by atoms with E-state index in [0.717, 1.165) is 43.8 Å². The number of nitrogens with one attached hydrogen (secondary N) is 2. The van der Waals surface area contributed by atoms with E-state index in [-0.39, 0.29) is 24.0 Å². The van der Waals surface area contributed by atoms with Crippen molar-refractivity contribution in [3.05, 3.63) is 29.8 Å². The molecule has 25 heavy (non-hydrogen) atoms. The zero-order valence-electron chi connectivity index (χ0n) is 15.9. The largest absolute Gasteiger partial charge is 0.497 e. The third kappa shape index (κ3) is 7.81. The van der Waals surface area contributed by atoms with Gasteiger partial charge in [-0.05, 0) is 57.9 Å². The number of hydrogen-bond donors (Lipinski definition) is 2. The average Bonchev–Trinajstić information content (AvgIpc) is 3.44. The van der Waals surface area contributed by atoms with Gasteiger partial charge in [0.15, 0.2) is 5.96 Å². The van der Waals surface area contributed by atoms with Crippen molar-refractivity contribution < 1.29 is 4.74 Å². The molecule has 1 aliphatic carbocycles. The van der Waals surface area contributed by atoms with Crippen LogP contribution in [0.3, 0.4) is 0 Å². The van der Waals surface area contributed by atoms with E-state index in [1.54, 1.807) is 7.11 Å². The Morgan fingerprint density at radius 3 is 2.52 bits per heavy atom. The normalized spacial score (nSPS) is 15.5. The lowest BCUT2D eigenvalue weighted by Gasteiger charge is -2.23. The number of methoxy groups -OCH3 is 1. The summed E-state index contributed by atoms with van der Waals surface area (Å²) in [5.41, 5.74) is 1.29. The van der Waals surface area contributed by atoms with Gasteiger partial charge in [0.1, 0.15) is 5.75 Å². The molecule has 1 saturated carbocycles. The molecule has 142 valence electrons. The Balaban J connectivity index is 0.00000312. The van der Waals surface area contributed by atoms with Gasteiger partial charge in [-0.1, -0.05) is 12.1 Å². The highest BCUT2D eigenvalue weighted by Crippen LogP contribution is 2.26. The summed E-state index contributed by atoms with van der Waals surface area (Å²) in [7, 11) is 3.90. The van der Waals surface area contributed by atoms with Crippen molar-refractivity contribution >= 4 is 29.9 Å². The maximum Gasteiger partial charge on any atom is 0.191 e. The Morgan fingerprint density at radius 2 is 1.96 bits per heavy atom. The van der Waals surface area contributed by atoms with Gasteiger partial charge in [-0.25, -0.2) is 0 Å². The Labute approximate surface area is 169 Å². The van der Waals surface area contributed by atoms with E-state index in [9.17, 15) is 0 Å². The van der Waals surface area contributed by atoms with Gasteiger partial charge < -0.3 is 15.4 Å². The van der Waals surface area contributed by atoms with E-state index >= 15 is 0 Å². The molecule has 1 aliphatic rings. The summed E-state index contributed by atoms with van der Waals surface area (Å²) < 4.78 is 5.19. The van der Waals surface area contributed by atoms with Gasteiger partial charge in [0.25, 0.3) is 0 Å². The van der Waals surface area contributed by atoms with Crippen molar-refractivity contribution in [3.63, 3.8) is 0 Å². The Morgan fingerprint density at radius 1 is 1.28 bits per heavy atom. The zero-order valence-corrected chi connectivity index (χ0v) is 18.2. The summed E-state index contributed by atoms with van der Waals surface area (Å²) in [4.78, 5) is 7.18. The number of aliphatic imine (C=N–C) groups is 1. The molecule has 2 N–H and O–H groups in total. The number of hydrogen-bond acceptors (Lipinski definition) is 3. The molecule has 1 fully saturated rings. The average molecular weight is 460 g/mol. The Hall–Kier alpha value is -1.02. The number of benzene rings is 1. The number of likely N-dealkylation sites (N-methyl/N-ethyl adjacent to an activating group) is 1. The van der Waals surface area contributed by atoms with Crippen molar-refractivity contribution in [3.8, 4) is 5.75 Å². The molecule has 1 aromatic carbocycles. The summed E-state index contributed by atoms with van der Waals surface area (Å²) in [6.07, 6.45) is 3.64. The molecule has 0 spiro atoms. The van der Waals surface area contributed by atoms with Crippen molar-refractivity contribution in [2.24, 2.45) is 4.99 Å². The lowest BCUT2D eigenvalue weighted by atomic mass is 10.1. The first-order valence-corrected chi connectivity index (χ1v) is 9.01. The standard InChI is InChI=1S/C19H32N4O.HI/c1-5-20-19(22-14-15(2)23(3)17-8-9-17)21-13-12-16-6-10-18(24-4)11-7-16;/h6-7,10-11,15,17H,5,8-9,12-14H2,1-4H3,(H2,20,21,22);1H. The number of rotatable bonds is 9. The molecule has 1 unspecified atom stereocenters. The molecule has 0 amide bonds. The van der Waals surface area contributed by atoms with E-state index in [1.165, 1.54) is 18.4 Å². The predicted octanol–water partition coefficient (Wildman–Crippen LogP) is 2.89. The minimum absolute atomic E-state index is 0. The molecule has 1 aromatic rings.